The Morgan fingerprint density at radius 1 is 1.33 bits per heavy atom. The molecule has 1 N–H and O–H groups in total. The van der Waals surface area contributed by atoms with E-state index in [1.165, 1.54) is 12.1 Å². The van der Waals surface area contributed by atoms with E-state index in [9.17, 15) is 5.11 Å². The van der Waals surface area contributed by atoms with Crippen LogP contribution in [0.3, 0.4) is 0 Å². The first kappa shape index (κ1) is 15.4. The number of aryl methyl sites for hydroxylation is 1. The van der Waals surface area contributed by atoms with Gasteiger partial charge in [0.05, 0.1) is 12.0 Å². The zero-order valence-electron chi connectivity index (χ0n) is 13.9. The van der Waals surface area contributed by atoms with Crippen molar-refractivity contribution in [2.24, 2.45) is 0 Å². The predicted octanol–water partition coefficient (Wildman–Crippen LogP) is 3.32. The Labute approximate surface area is 141 Å². The molecule has 1 aliphatic heterocycles. The molecule has 0 bridgehead atoms. The highest BCUT2D eigenvalue weighted by atomic mass is 16.4. The molecule has 2 unspecified atom stereocenters. The van der Waals surface area contributed by atoms with Crippen LogP contribution in [0.25, 0.3) is 5.65 Å². The second-order valence-electron chi connectivity index (χ2n) is 6.66. The predicted molar refractivity (Wildman–Crippen MR) is 91.6 cm³/mol. The molecule has 4 heterocycles. The molecule has 1 saturated heterocycles. The molecule has 0 aromatic carbocycles. The molecule has 3 aromatic heterocycles. The largest absolute Gasteiger partial charge is 0.467 e. The Morgan fingerprint density at radius 3 is 3.04 bits per heavy atom. The number of hydrogen-bond acceptors (Lipinski definition) is 4. The van der Waals surface area contributed by atoms with Gasteiger partial charge in [-0.25, -0.2) is 4.98 Å². The van der Waals surface area contributed by atoms with E-state index < -0.39 is 6.10 Å². The van der Waals surface area contributed by atoms with Crippen LogP contribution in [-0.4, -0.2) is 32.0 Å². The van der Waals surface area contributed by atoms with E-state index >= 15 is 0 Å². The molecule has 126 valence electrons. The van der Waals surface area contributed by atoms with Crippen LogP contribution in [0.15, 0.2) is 47.2 Å². The molecule has 0 saturated carbocycles. The summed E-state index contributed by atoms with van der Waals surface area (Å²) in [4.78, 5) is 7.17. The number of rotatable bonds is 5. The van der Waals surface area contributed by atoms with E-state index in [4.69, 9.17) is 9.40 Å². The minimum absolute atomic E-state index is 0.371. The minimum atomic E-state index is -0.533. The number of aromatic nitrogens is 2. The molecule has 4 rings (SSSR count). The lowest BCUT2D eigenvalue weighted by molar-refractivity contribution is 0.0991. The number of hydrogen-bond donors (Lipinski definition) is 1. The van der Waals surface area contributed by atoms with E-state index in [0.717, 1.165) is 30.9 Å². The van der Waals surface area contributed by atoms with Gasteiger partial charge in [-0.2, -0.15) is 0 Å². The monoisotopic (exact) mass is 325 g/mol. The van der Waals surface area contributed by atoms with Gasteiger partial charge in [0.25, 0.3) is 0 Å². The summed E-state index contributed by atoms with van der Waals surface area (Å²) in [6.45, 7) is 3.98. The van der Waals surface area contributed by atoms with Crippen LogP contribution in [-0.2, 0) is 6.54 Å². The maximum absolute atomic E-state index is 10.4. The molecule has 2 atom stereocenters. The van der Waals surface area contributed by atoms with Gasteiger partial charge >= 0.3 is 0 Å². The third kappa shape index (κ3) is 2.97. The second kappa shape index (κ2) is 6.42. The van der Waals surface area contributed by atoms with Crippen LogP contribution in [0, 0.1) is 6.92 Å². The highest BCUT2D eigenvalue weighted by Gasteiger charge is 2.28. The van der Waals surface area contributed by atoms with Crippen molar-refractivity contribution in [2.75, 3.05) is 6.54 Å². The molecular weight excluding hydrogens is 302 g/mol. The van der Waals surface area contributed by atoms with Crippen LogP contribution < -0.4 is 0 Å². The lowest BCUT2D eigenvalue weighted by atomic mass is 10.1. The Hall–Kier alpha value is -2.11. The van der Waals surface area contributed by atoms with Crippen LogP contribution >= 0.6 is 0 Å². The Bertz CT molecular complexity index is 809. The van der Waals surface area contributed by atoms with Gasteiger partial charge in [0.1, 0.15) is 17.5 Å². The fourth-order valence-electron chi connectivity index (χ4n) is 3.71. The molecule has 0 amide bonds. The van der Waals surface area contributed by atoms with Crippen LogP contribution in [0.1, 0.15) is 42.5 Å². The number of nitrogens with zero attached hydrogens (tertiary/aromatic N) is 3. The van der Waals surface area contributed by atoms with Crippen molar-refractivity contribution in [3.63, 3.8) is 0 Å². The third-order valence-electron chi connectivity index (χ3n) is 4.98. The van der Waals surface area contributed by atoms with Gasteiger partial charge in [-0.3, -0.25) is 4.90 Å². The zero-order valence-corrected chi connectivity index (χ0v) is 13.9. The molecule has 3 aromatic rings. The van der Waals surface area contributed by atoms with Crippen LogP contribution in [0.4, 0.5) is 0 Å². The lowest BCUT2D eigenvalue weighted by Crippen LogP contribution is -2.30. The van der Waals surface area contributed by atoms with Crippen LogP contribution in [0.2, 0.25) is 0 Å². The lowest BCUT2D eigenvalue weighted by Gasteiger charge is -2.25. The summed E-state index contributed by atoms with van der Waals surface area (Å²) in [7, 11) is 0. The van der Waals surface area contributed by atoms with Gasteiger partial charge in [0, 0.05) is 24.5 Å². The average molecular weight is 325 g/mol. The number of fused-ring (bicyclic) bond motifs is 1. The van der Waals surface area contributed by atoms with Gasteiger partial charge in [-0.05, 0) is 57.0 Å². The molecule has 5 heteroatoms. The summed E-state index contributed by atoms with van der Waals surface area (Å²) in [5.41, 5.74) is 3.28. The van der Waals surface area contributed by atoms with Crippen molar-refractivity contribution >= 4 is 5.65 Å². The van der Waals surface area contributed by atoms with E-state index in [0.29, 0.717) is 18.2 Å². The van der Waals surface area contributed by atoms with Gasteiger partial charge in [0.15, 0.2) is 0 Å². The summed E-state index contributed by atoms with van der Waals surface area (Å²) >= 11 is 0. The third-order valence-corrected chi connectivity index (χ3v) is 4.98. The smallest absolute Gasteiger partial charge is 0.137 e. The van der Waals surface area contributed by atoms with Crippen molar-refractivity contribution in [3.05, 3.63) is 59.9 Å². The normalized spacial score (nSPS) is 20.0. The first-order valence-electron chi connectivity index (χ1n) is 8.60. The Morgan fingerprint density at radius 2 is 2.25 bits per heavy atom. The Balaban J connectivity index is 1.47. The molecule has 1 aliphatic rings. The number of aliphatic hydroxyl groups is 1. The topological polar surface area (TPSA) is 53.9 Å². The van der Waals surface area contributed by atoms with Crippen molar-refractivity contribution in [1.29, 1.82) is 0 Å². The number of likely N-dealkylation sites (tertiary alicyclic amines) is 1. The van der Waals surface area contributed by atoms with Gasteiger partial charge in [-0.15, -0.1) is 0 Å². The fraction of sp³-hybridized carbons (Fsp3) is 0.421. The minimum Gasteiger partial charge on any atom is -0.467 e. The van der Waals surface area contributed by atoms with Crippen molar-refractivity contribution < 1.29 is 9.52 Å². The van der Waals surface area contributed by atoms with Crippen molar-refractivity contribution in [3.8, 4) is 0 Å². The quantitative estimate of drug-likeness (QED) is 0.782. The van der Waals surface area contributed by atoms with Crippen LogP contribution in [0.5, 0.6) is 0 Å². The molecule has 5 nitrogen and oxygen atoms in total. The van der Waals surface area contributed by atoms with Gasteiger partial charge in [-0.1, -0.05) is 6.07 Å². The van der Waals surface area contributed by atoms with Gasteiger partial charge in [0.2, 0.25) is 0 Å². The highest BCUT2D eigenvalue weighted by Crippen LogP contribution is 2.28. The first-order valence-corrected chi connectivity index (χ1v) is 8.60. The number of pyridine rings is 1. The maximum atomic E-state index is 10.4. The molecule has 0 spiro atoms. The molecule has 24 heavy (non-hydrogen) atoms. The van der Waals surface area contributed by atoms with E-state index in [1.807, 2.05) is 24.3 Å². The molecule has 1 fully saturated rings. The first-order chi connectivity index (χ1) is 11.7. The summed E-state index contributed by atoms with van der Waals surface area (Å²) in [5, 5.41) is 10.4. The van der Waals surface area contributed by atoms with Gasteiger partial charge < -0.3 is 13.9 Å². The number of furan rings is 1. The van der Waals surface area contributed by atoms with Crippen molar-refractivity contribution in [1.82, 2.24) is 14.3 Å². The maximum Gasteiger partial charge on any atom is 0.137 e. The second-order valence-corrected chi connectivity index (χ2v) is 6.66. The van der Waals surface area contributed by atoms with E-state index in [1.54, 1.807) is 6.26 Å². The average Bonchev–Trinajstić information content (AvgIpc) is 3.29. The summed E-state index contributed by atoms with van der Waals surface area (Å²) in [6.07, 6.45) is 6.20. The fourth-order valence-corrected chi connectivity index (χ4v) is 3.71. The SMILES string of the molecule is Cc1cccc2nc(CN3CCCC3CC(O)c3ccco3)cn12. The summed E-state index contributed by atoms with van der Waals surface area (Å²) in [5.74, 6) is 0.658. The Kier molecular flexibility index (Phi) is 4.12. The highest BCUT2D eigenvalue weighted by molar-refractivity contribution is 5.41. The number of aliphatic hydroxyl groups excluding tert-OH is 1. The molecule has 0 radical (unpaired) electrons. The van der Waals surface area contributed by atoms with E-state index in [2.05, 4.69) is 28.5 Å². The summed E-state index contributed by atoms with van der Waals surface area (Å²) < 4.78 is 7.46. The number of imidazole rings is 1. The van der Waals surface area contributed by atoms with Crippen molar-refractivity contribution in [2.45, 2.75) is 44.9 Å². The molecular formula is C19H23N3O2. The van der Waals surface area contributed by atoms with E-state index in [-0.39, 0.29) is 0 Å². The molecule has 0 aliphatic carbocycles. The standard InChI is InChI=1S/C19H23N3O2/c1-14-5-2-8-19-20-15(13-22(14)19)12-21-9-3-6-16(21)11-17(23)18-7-4-10-24-18/h2,4-5,7-8,10,13,16-17,23H,3,6,9,11-12H2,1H3. The summed E-state index contributed by atoms with van der Waals surface area (Å²) in [6, 6.07) is 10.2. The zero-order chi connectivity index (χ0) is 16.5.